The van der Waals surface area contributed by atoms with Crippen LogP contribution in [-0.4, -0.2) is 70.3 Å². The van der Waals surface area contributed by atoms with Crippen LogP contribution in [0, 0.1) is 0 Å². The zero-order valence-electron chi connectivity index (χ0n) is 19.1. The number of benzene rings is 2. The molecule has 0 bridgehead atoms. The summed E-state index contributed by atoms with van der Waals surface area (Å²) in [5.41, 5.74) is 2.19. The Bertz CT molecular complexity index is 896. The van der Waals surface area contributed by atoms with Gasteiger partial charge in [0.15, 0.2) is 17.5 Å². The number of aliphatic imine (C=N–C) groups is 1. The predicted molar refractivity (Wildman–Crippen MR) is 128 cm³/mol. The van der Waals surface area contributed by atoms with Crippen LogP contribution < -0.4 is 25.0 Å². The molecule has 0 radical (unpaired) electrons. The highest BCUT2D eigenvalue weighted by Crippen LogP contribution is 2.27. The molecular weight excluding hydrogens is 406 g/mol. The molecule has 2 aromatic carbocycles. The van der Waals surface area contributed by atoms with Gasteiger partial charge < -0.3 is 29.9 Å². The van der Waals surface area contributed by atoms with Crippen LogP contribution in [0.15, 0.2) is 53.5 Å². The fourth-order valence-corrected chi connectivity index (χ4v) is 3.62. The van der Waals surface area contributed by atoms with Crippen molar-refractivity contribution in [3.63, 3.8) is 0 Å². The van der Waals surface area contributed by atoms with Crippen molar-refractivity contribution in [3.8, 4) is 11.5 Å². The fourth-order valence-electron chi connectivity index (χ4n) is 3.62. The number of hydrogen-bond acceptors (Lipinski definition) is 5. The third kappa shape index (κ3) is 6.29. The molecule has 2 aromatic rings. The van der Waals surface area contributed by atoms with Crippen molar-refractivity contribution >= 4 is 17.6 Å². The maximum Gasteiger partial charge on any atom is 0.242 e. The van der Waals surface area contributed by atoms with Crippen LogP contribution in [0.5, 0.6) is 11.5 Å². The van der Waals surface area contributed by atoms with E-state index >= 15 is 0 Å². The Morgan fingerprint density at radius 3 is 2.34 bits per heavy atom. The first-order valence-corrected chi connectivity index (χ1v) is 11.0. The molecule has 0 atom stereocenters. The van der Waals surface area contributed by atoms with Crippen LogP contribution in [0.2, 0.25) is 0 Å². The summed E-state index contributed by atoms with van der Waals surface area (Å²) in [5, 5.41) is 6.36. The van der Waals surface area contributed by atoms with Crippen LogP contribution in [-0.2, 0) is 11.3 Å². The lowest BCUT2D eigenvalue weighted by molar-refractivity contribution is -0.130. The van der Waals surface area contributed by atoms with Crippen LogP contribution in [0.1, 0.15) is 12.5 Å². The molecule has 172 valence electrons. The lowest BCUT2D eigenvalue weighted by Crippen LogP contribution is -2.52. The number of rotatable bonds is 8. The van der Waals surface area contributed by atoms with E-state index in [1.54, 1.807) is 14.2 Å². The first-order valence-electron chi connectivity index (χ1n) is 11.0. The Kier molecular flexibility index (Phi) is 8.60. The number of piperazine rings is 1. The van der Waals surface area contributed by atoms with Gasteiger partial charge in [-0.25, -0.2) is 4.99 Å². The van der Waals surface area contributed by atoms with Gasteiger partial charge in [-0.2, -0.15) is 0 Å². The van der Waals surface area contributed by atoms with Gasteiger partial charge >= 0.3 is 0 Å². The van der Waals surface area contributed by atoms with E-state index in [0.29, 0.717) is 43.6 Å². The van der Waals surface area contributed by atoms with E-state index in [4.69, 9.17) is 9.47 Å². The number of carbonyl (C=O) groups excluding carboxylic acids is 1. The highest BCUT2D eigenvalue weighted by atomic mass is 16.5. The molecule has 3 rings (SSSR count). The number of nitrogens with one attached hydrogen (secondary N) is 2. The van der Waals surface area contributed by atoms with Gasteiger partial charge in [0.2, 0.25) is 5.91 Å². The van der Waals surface area contributed by atoms with Crippen LogP contribution in [0.4, 0.5) is 5.69 Å². The summed E-state index contributed by atoms with van der Waals surface area (Å²) in [4.78, 5) is 21.5. The summed E-state index contributed by atoms with van der Waals surface area (Å²) < 4.78 is 10.6. The number of methoxy groups -OCH3 is 2. The number of amides is 1. The summed E-state index contributed by atoms with van der Waals surface area (Å²) in [5.74, 6) is 2.04. The van der Waals surface area contributed by atoms with Crippen LogP contribution >= 0.6 is 0 Å². The van der Waals surface area contributed by atoms with Crippen molar-refractivity contribution < 1.29 is 14.3 Å². The molecule has 0 unspecified atom stereocenters. The van der Waals surface area contributed by atoms with Gasteiger partial charge in [0.25, 0.3) is 0 Å². The smallest absolute Gasteiger partial charge is 0.242 e. The van der Waals surface area contributed by atoms with E-state index in [2.05, 4.69) is 32.7 Å². The summed E-state index contributed by atoms with van der Waals surface area (Å²) in [6.45, 7) is 6.48. The highest BCUT2D eigenvalue weighted by Gasteiger charge is 2.21. The number of nitrogens with zero attached hydrogens (tertiary/aromatic N) is 3. The first-order chi connectivity index (χ1) is 15.6. The maximum atomic E-state index is 12.7. The molecule has 1 amide bonds. The molecule has 8 heteroatoms. The zero-order valence-corrected chi connectivity index (χ0v) is 19.1. The molecule has 0 aliphatic carbocycles. The average molecular weight is 440 g/mol. The number of hydrogen-bond donors (Lipinski definition) is 2. The SMILES string of the molecule is CCNC(=NCc1ccc(OC)c(OC)c1)NCC(=O)N1CCN(c2ccccc2)CC1. The highest BCUT2D eigenvalue weighted by molar-refractivity contribution is 5.86. The number of guanidine groups is 1. The Morgan fingerprint density at radius 1 is 0.969 bits per heavy atom. The molecule has 1 heterocycles. The Balaban J connectivity index is 1.51. The summed E-state index contributed by atoms with van der Waals surface area (Å²) >= 11 is 0. The van der Waals surface area contributed by atoms with E-state index in [-0.39, 0.29) is 12.5 Å². The molecule has 1 aliphatic heterocycles. The van der Waals surface area contributed by atoms with E-state index in [9.17, 15) is 4.79 Å². The van der Waals surface area contributed by atoms with Gasteiger partial charge in [0, 0.05) is 38.4 Å². The lowest BCUT2D eigenvalue weighted by atomic mass is 10.2. The van der Waals surface area contributed by atoms with Gasteiger partial charge in [-0.15, -0.1) is 0 Å². The molecule has 2 N–H and O–H groups in total. The van der Waals surface area contributed by atoms with E-state index in [1.807, 2.05) is 48.2 Å². The second-order valence-corrected chi connectivity index (χ2v) is 7.44. The number of para-hydroxylation sites is 1. The average Bonchev–Trinajstić information content (AvgIpc) is 2.86. The van der Waals surface area contributed by atoms with Crippen molar-refractivity contribution in [1.82, 2.24) is 15.5 Å². The van der Waals surface area contributed by atoms with E-state index < -0.39 is 0 Å². The molecular formula is C24H33N5O3. The number of carbonyl (C=O) groups is 1. The zero-order chi connectivity index (χ0) is 22.8. The van der Waals surface area contributed by atoms with Gasteiger partial charge in [0.05, 0.1) is 27.3 Å². The molecule has 32 heavy (non-hydrogen) atoms. The first kappa shape index (κ1) is 23.2. The van der Waals surface area contributed by atoms with Crippen molar-refractivity contribution in [2.45, 2.75) is 13.5 Å². The monoisotopic (exact) mass is 439 g/mol. The van der Waals surface area contributed by atoms with Crippen molar-refractivity contribution in [1.29, 1.82) is 0 Å². The summed E-state index contributed by atoms with van der Waals surface area (Å²) in [7, 11) is 3.23. The molecule has 0 saturated carbocycles. The summed E-state index contributed by atoms with van der Waals surface area (Å²) in [6.07, 6.45) is 0. The van der Waals surface area contributed by atoms with E-state index in [1.165, 1.54) is 5.69 Å². The Hall–Kier alpha value is -3.42. The van der Waals surface area contributed by atoms with Gasteiger partial charge in [0.1, 0.15) is 0 Å². The topological polar surface area (TPSA) is 78.4 Å². The third-order valence-corrected chi connectivity index (χ3v) is 5.37. The molecule has 0 aromatic heterocycles. The Labute approximate surface area is 190 Å². The molecule has 8 nitrogen and oxygen atoms in total. The minimum absolute atomic E-state index is 0.0782. The number of ether oxygens (including phenoxy) is 2. The lowest BCUT2D eigenvalue weighted by Gasteiger charge is -2.36. The van der Waals surface area contributed by atoms with Gasteiger partial charge in [-0.3, -0.25) is 4.79 Å². The quantitative estimate of drug-likeness (QED) is 0.485. The summed E-state index contributed by atoms with van der Waals surface area (Å²) in [6, 6.07) is 16.0. The van der Waals surface area contributed by atoms with Crippen molar-refractivity contribution in [3.05, 3.63) is 54.1 Å². The minimum Gasteiger partial charge on any atom is -0.493 e. The van der Waals surface area contributed by atoms with Gasteiger partial charge in [-0.05, 0) is 36.8 Å². The van der Waals surface area contributed by atoms with Crippen LogP contribution in [0.25, 0.3) is 0 Å². The largest absolute Gasteiger partial charge is 0.493 e. The van der Waals surface area contributed by atoms with Gasteiger partial charge in [-0.1, -0.05) is 24.3 Å². The van der Waals surface area contributed by atoms with Crippen LogP contribution in [0.3, 0.4) is 0 Å². The number of anilines is 1. The maximum absolute atomic E-state index is 12.7. The van der Waals surface area contributed by atoms with Crippen molar-refractivity contribution in [2.75, 3.05) is 58.4 Å². The van der Waals surface area contributed by atoms with E-state index in [0.717, 1.165) is 18.7 Å². The molecule has 1 saturated heterocycles. The predicted octanol–water partition coefficient (Wildman–Crippen LogP) is 2.11. The normalized spacial score (nSPS) is 14.2. The second-order valence-electron chi connectivity index (χ2n) is 7.44. The Morgan fingerprint density at radius 2 is 1.69 bits per heavy atom. The molecule has 0 spiro atoms. The fraction of sp³-hybridized carbons (Fsp3) is 0.417. The third-order valence-electron chi connectivity index (χ3n) is 5.37. The molecule has 1 fully saturated rings. The minimum atomic E-state index is 0.0782. The van der Waals surface area contributed by atoms with Crippen molar-refractivity contribution in [2.24, 2.45) is 4.99 Å². The second kappa shape index (κ2) is 11.8. The standard InChI is InChI=1S/C24H33N5O3/c1-4-25-24(26-17-19-10-11-21(31-2)22(16-19)32-3)27-18-23(30)29-14-12-28(13-15-29)20-8-6-5-7-9-20/h5-11,16H,4,12-15,17-18H2,1-3H3,(H2,25,26,27). The molecule has 1 aliphatic rings.